The highest BCUT2D eigenvalue weighted by Gasteiger charge is 2.23. The van der Waals surface area contributed by atoms with Crippen molar-refractivity contribution in [2.24, 2.45) is 18.4 Å². The summed E-state index contributed by atoms with van der Waals surface area (Å²) in [4.78, 5) is 1.26. The largest absolute Gasteiger partial charge is 0.275 e. The fourth-order valence-electron chi connectivity index (χ4n) is 1.20. The van der Waals surface area contributed by atoms with Crippen molar-refractivity contribution in [2.75, 3.05) is 11.1 Å². The summed E-state index contributed by atoms with van der Waals surface area (Å²) >= 11 is 5.48. The van der Waals surface area contributed by atoms with E-state index in [9.17, 15) is 0 Å². The molecule has 0 amide bonds. The van der Waals surface area contributed by atoms with E-state index in [1.165, 1.54) is 4.90 Å². The Morgan fingerprint density at radius 2 is 2.20 bits per heavy atom. The van der Waals surface area contributed by atoms with Gasteiger partial charge in [-0.25, -0.2) is 0 Å². The molecule has 4 heteroatoms. The molecule has 0 aliphatic rings. The Bertz CT molecular complexity index is 304. The maximum Gasteiger partial charge on any atom is 0.0625 e. The third-order valence-electron chi connectivity index (χ3n) is 2.54. The summed E-state index contributed by atoms with van der Waals surface area (Å²) in [5, 5.41) is 5.23. The Kier molecular flexibility index (Phi) is 4.71. The molecule has 1 unspecified atom stereocenters. The van der Waals surface area contributed by atoms with Crippen LogP contribution < -0.4 is 0 Å². The topological polar surface area (TPSA) is 17.8 Å². The van der Waals surface area contributed by atoms with Gasteiger partial charge in [0.15, 0.2) is 0 Å². The van der Waals surface area contributed by atoms with Crippen molar-refractivity contribution < 1.29 is 0 Å². The molecule has 0 N–H and O–H groups in total. The van der Waals surface area contributed by atoms with Gasteiger partial charge in [-0.1, -0.05) is 36.7 Å². The van der Waals surface area contributed by atoms with Gasteiger partial charge in [0.25, 0.3) is 0 Å². The smallest absolute Gasteiger partial charge is 0.0625 e. The number of thioether (sulfide) groups is 1. The van der Waals surface area contributed by atoms with Crippen molar-refractivity contribution in [1.29, 1.82) is 0 Å². The fraction of sp³-hybridized carbons (Fsp3) is 0.727. The van der Waals surface area contributed by atoms with Crippen LogP contribution >= 0.6 is 27.7 Å². The Labute approximate surface area is 105 Å². The van der Waals surface area contributed by atoms with Crippen molar-refractivity contribution in [1.82, 2.24) is 9.78 Å². The average molecular weight is 291 g/mol. The molecule has 0 saturated carbocycles. The number of nitrogens with zero attached hydrogens (tertiary/aromatic N) is 2. The highest BCUT2D eigenvalue weighted by atomic mass is 79.9. The SMILES string of the molecule is Cn1cc(SCC(CBr)C(C)(C)C)cn1. The molecule has 1 aromatic rings. The molecule has 2 nitrogen and oxygen atoms in total. The average Bonchev–Trinajstić information content (AvgIpc) is 2.50. The van der Waals surface area contributed by atoms with Crippen LogP contribution in [0, 0.1) is 11.3 Å². The normalized spacial score (nSPS) is 14.2. The van der Waals surface area contributed by atoms with Crippen molar-refractivity contribution in [3.8, 4) is 0 Å². The van der Waals surface area contributed by atoms with Crippen LogP contribution in [0.2, 0.25) is 0 Å². The van der Waals surface area contributed by atoms with Crippen LogP contribution in [-0.4, -0.2) is 20.9 Å². The predicted molar refractivity (Wildman–Crippen MR) is 70.7 cm³/mol. The van der Waals surface area contributed by atoms with Crippen molar-refractivity contribution in [3.05, 3.63) is 12.4 Å². The lowest BCUT2D eigenvalue weighted by Crippen LogP contribution is -2.23. The van der Waals surface area contributed by atoms with E-state index in [1.807, 2.05) is 29.7 Å². The lowest BCUT2D eigenvalue weighted by atomic mass is 9.83. The van der Waals surface area contributed by atoms with Gasteiger partial charge in [-0.15, -0.1) is 11.8 Å². The van der Waals surface area contributed by atoms with E-state index in [2.05, 4.69) is 48.0 Å². The van der Waals surface area contributed by atoms with Crippen molar-refractivity contribution in [2.45, 2.75) is 25.7 Å². The third-order valence-corrected chi connectivity index (χ3v) is 4.44. The Morgan fingerprint density at radius 1 is 1.53 bits per heavy atom. The molecule has 0 saturated heterocycles. The quantitative estimate of drug-likeness (QED) is 0.623. The summed E-state index contributed by atoms with van der Waals surface area (Å²) in [6.07, 6.45) is 4.00. The number of hydrogen-bond acceptors (Lipinski definition) is 2. The number of aromatic nitrogens is 2. The molecule has 86 valence electrons. The molecule has 1 heterocycles. The van der Waals surface area contributed by atoms with E-state index in [1.54, 1.807) is 0 Å². The molecule has 15 heavy (non-hydrogen) atoms. The molecular weight excluding hydrogens is 272 g/mol. The van der Waals surface area contributed by atoms with Crippen LogP contribution in [0.1, 0.15) is 20.8 Å². The summed E-state index contributed by atoms with van der Waals surface area (Å²) in [6.45, 7) is 6.88. The predicted octanol–water partition coefficient (Wildman–Crippen LogP) is 3.57. The first-order valence-corrected chi connectivity index (χ1v) is 7.21. The second kappa shape index (κ2) is 5.39. The number of aryl methyl sites for hydroxylation is 1. The van der Waals surface area contributed by atoms with Gasteiger partial charge in [-0.3, -0.25) is 4.68 Å². The minimum Gasteiger partial charge on any atom is -0.275 e. The molecule has 0 aliphatic carbocycles. The lowest BCUT2D eigenvalue weighted by Gasteiger charge is -2.28. The molecule has 0 bridgehead atoms. The van der Waals surface area contributed by atoms with Crippen LogP contribution in [0.15, 0.2) is 17.3 Å². The minimum atomic E-state index is 0.360. The first-order chi connectivity index (χ1) is 6.93. The van der Waals surface area contributed by atoms with Gasteiger partial charge in [-0.2, -0.15) is 5.10 Å². The molecule has 0 radical (unpaired) electrons. The minimum absolute atomic E-state index is 0.360. The molecular formula is C11H19BrN2S. The summed E-state index contributed by atoms with van der Waals surface area (Å²) in [6, 6.07) is 0. The van der Waals surface area contributed by atoms with Gasteiger partial charge in [0.05, 0.1) is 6.20 Å². The molecule has 0 fully saturated rings. The molecule has 1 aromatic heterocycles. The number of halogens is 1. The van der Waals surface area contributed by atoms with Crippen LogP contribution in [0.5, 0.6) is 0 Å². The molecule has 0 aromatic carbocycles. The summed E-state index contributed by atoms with van der Waals surface area (Å²) in [5.74, 6) is 1.82. The standard InChI is InChI=1S/C11H19BrN2S/c1-11(2,3)9(5-12)8-15-10-6-13-14(4)7-10/h6-7,9H,5,8H2,1-4H3. The van der Waals surface area contributed by atoms with Crippen LogP contribution in [0.3, 0.4) is 0 Å². The van der Waals surface area contributed by atoms with Crippen molar-refractivity contribution in [3.63, 3.8) is 0 Å². The van der Waals surface area contributed by atoms with Crippen LogP contribution in [-0.2, 0) is 7.05 Å². The molecule has 1 atom stereocenters. The maximum atomic E-state index is 4.17. The van der Waals surface area contributed by atoms with E-state index < -0.39 is 0 Å². The van der Waals surface area contributed by atoms with Gasteiger partial charge < -0.3 is 0 Å². The van der Waals surface area contributed by atoms with E-state index in [0.29, 0.717) is 11.3 Å². The summed E-state index contributed by atoms with van der Waals surface area (Å²) in [5.41, 5.74) is 0.360. The second-order valence-corrected chi connectivity index (χ2v) is 6.62. The first kappa shape index (κ1) is 13.1. The van der Waals surface area contributed by atoms with E-state index in [4.69, 9.17) is 0 Å². The molecule has 0 spiro atoms. The second-order valence-electron chi connectivity index (χ2n) is 4.88. The Hall–Kier alpha value is 0.0400. The van der Waals surface area contributed by atoms with Gasteiger partial charge >= 0.3 is 0 Å². The zero-order valence-electron chi connectivity index (χ0n) is 9.83. The highest BCUT2D eigenvalue weighted by Crippen LogP contribution is 2.32. The summed E-state index contributed by atoms with van der Waals surface area (Å²) < 4.78 is 1.85. The van der Waals surface area contributed by atoms with E-state index in [0.717, 1.165) is 11.1 Å². The zero-order valence-corrected chi connectivity index (χ0v) is 12.2. The van der Waals surface area contributed by atoms with E-state index in [-0.39, 0.29) is 0 Å². The fourth-order valence-corrected chi connectivity index (χ4v) is 4.06. The first-order valence-electron chi connectivity index (χ1n) is 5.11. The monoisotopic (exact) mass is 290 g/mol. The zero-order chi connectivity index (χ0) is 11.5. The van der Waals surface area contributed by atoms with Crippen LogP contribution in [0.25, 0.3) is 0 Å². The number of alkyl halides is 1. The molecule has 0 aliphatic heterocycles. The van der Waals surface area contributed by atoms with Gasteiger partial charge in [-0.05, 0) is 11.3 Å². The maximum absolute atomic E-state index is 4.17. The van der Waals surface area contributed by atoms with Gasteiger partial charge in [0.2, 0.25) is 0 Å². The Balaban J connectivity index is 2.48. The number of hydrogen-bond donors (Lipinski definition) is 0. The summed E-state index contributed by atoms with van der Waals surface area (Å²) in [7, 11) is 1.95. The molecule has 1 rings (SSSR count). The van der Waals surface area contributed by atoms with E-state index >= 15 is 0 Å². The van der Waals surface area contributed by atoms with Crippen molar-refractivity contribution >= 4 is 27.7 Å². The van der Waals surface area contributed by atoms with Gasteiger partial charge in [0, 0.05) is 29.2 Å². The highest BCUT2D eigenvalue weighted by molar-refractivity contribution is 9.09. The number of rotatable bonds is 4. The van der Waals surface area contributed by atoms with Gasteiger partial charge in [0.1, 0.15) is 0 Å². The lowest BCUT2D eigenvalue weighted by molar-refractivity contribution is 0.295. The third kappa shape index (κ3) is 4.19. The Morgan fingerprint density at radius 3 is 2.60 bits per heavy atom. The van der Waals surface area contributed by atoms with Crippen LogP contribution in [0.4, 0.5) is 0 Å².